The summed E-state index contributed by atoms with van der Waals surface area (Å²) in [6, 6.07) is 1.41. The highest BCUT2D eigenvalue weighted by Crippen LogP contribution is 2.31. The Bertz CT molecular complexity index is 409. The number of hydrogen-bond donors (Lipinski definition) is 1. The first-order chi connectivity index (χ1) is 6.50. The highest BCUT2D eigenvalue weighted by molar-refractivity contribution is 7.20. The molecule has 3 nitrogen and oxygen atoms in total. The van der Waals surface area contributed by atoms with Crippen molar-refractivity contribution in [2.24, 2.45) is 0 Å². The fraction of sp³-hybridized carbons (Fsp3) is 0. The maximum absolute atomic E-state index is 11.3. The lowest BCUT2D eigenvalue weighted by atomic mass is 10.2. The molecule has 0 aromatic carbocycles. The molecule has 0 saturated carbocycles. The Morgan fingerprint density at radius 3 is 2.43 bits per heavy atom. The molecule has 0 amide bonds. The number of thiophene rings is 1. The van der Waals surface area contributed by atoms with Crippen molar-refractivity contribution in [1.82, 2.24) is 0 Å². The van der Waals surface area contributed by atoms with E-state index in [-0.39, 0.29) is 9.90 Å². The van der Waals surface area contributed by atoms with Crippen LogP contribution in [-0.2, 0) is 4.79 Å². The molecule has 0 bridgehead atoms. The van der Waals surface area contributed by atoms with Gasteiger partial charge in [0.1, 0.15) is 4.34 Å². The van der Waals surface area contributed by atoms with Gasteiger partial charge in [-0.1, -0.05) is 23.2 Å². The average molecular weight is 251 g/mol. The number of halogens is 2. The third-order valence-corrected chi connectivity index (χ3v) is 2.79. The molecule has 0 aliphatic rings. The topological polar surface area (TPSA) is 54.4 Å². The van der Waals surface area contributed by atoms with Crippen molar-refractivity contribution < 1.29 is 14.7 Å². The molecule has 0 atom stereocenters. The minimum Gasteiger partial charge on any atom is -0.478 e. The zero-order chi connectivity index (χ0) is 10.7. The van der Waals surface area contributed by atoms with Crippen LogP contribution in [0, 0.1) is 0 Å². The molecule has 1 heterocycles. The second-order valence-electron chi connectivity index (χ2n) is 2.27. The van der Waals surface area contributed by atoms with Crippen molar-refractivity contribution in [1.29, 1.82) is 0 Å². The molecule has 0 spiro atoms. The summed E-state index contributed by atoms with van der Waals surface area (Å²) < 4.78 is 0.650. The summed E-state index contributed by atoms with van der Waals surface area (Å²) in [6.45, 7) is 0. The van der Waals surface area contributed by atoms with Crippen LogP contribution in [0.2, 0.25) is 8.67 Å². The van der Waals surface area contributed by atoms with Crippen LogP contribution in [0.3, 0.4) is 0 Å². The van der Waals surface area contributed by atoms with E-state index in [1.807, 2.05) is 0 Å². The number of carboxylic acid groups (broad SMARTS) is 1. The average Bonchev–Trinajstić information content (AvgIpc) is 2.41. The summed E-state index contributed by atoms with van der Waals surface area (Å²) in [4.78, 5) is 21.4. The minimum atomic E-state index is -1.18. The predicted molar refractivity (Wildman–Crippen MR) is 55.4 cm³/mol. The maximum Gasteiger partial charge on any atom is 0.328 e. The molecule has 1 N–H and O–H groups in total. The largest absolute Gasteiger partial charge is 0.478 e. The molecule has 0 aliphatic carbocycles. The van der Waals surface area contributed by atoms with E-state index in [1.54, 1.807) is 0 Å². The van der Waals surface area contributed by atoms with E-state index in [0.717, 1.165) is 23.5 Å². The van der Waals surface area contributed by atoms with Crippen LogP contribution in [0.15, 0.2) is 18.2 Å². The molecule has 1 rings (SSSR count). The van der Waals surface area contributed by atoms with Crippen LogP contribution >= 0.6 is 34.5 Å². The number of carbonyl (C=O) groups excluding carboxylic acids is 1. The molecule has 6 heteroatoms. The fourth-order valence-corrected chi connectivity index (χ4v) is 2.22. The molecule has 0 unspecified atom stereocenters. The van der Waals surface area contributed by atoms with Gasteiger partial charge in [-0.05, 0) is 12.1 Å². The number of carboxylic acids is 1. The molecule has 74 valence electrons. The van der Waals surface area contributed by atoms with Gasteiger partial charge in [-0.2, -0.15) is 0 Å². The number of aliphatic carboxylic acids is 1. The van der Waals surface area contributed by atoms with Crippen LogP contribution in [0.5, 0.6) is 0 Å². The minimum absolute atomic E-state index is 0.221. The highest BCUT2D eigenvalue weighted by Gasteiger charge is 2.11. The third kappa shape index (κ3) is 2.83. The summed E-state index contributed by atoms with van der Waals surface area (Å²) in [6.07, 6.45) is 1.69. The second kappa shape index (κ2) is 4.59. The van der Waals surface area contributed by atoms with Crippen LogP contribution in [0.4, 0.5) is 0 Å². The summed E-state index contributed by atoms with van der Waals surface area (Å²) >= 11 is 12.4. The lowest BCUT2D eigenvalue weighted by Gasteiger charge is -1.89. The molecule has 14 heavy (non-hydrogen) atoms. The Morgan fingerprint density at radius 2 is 2.00 bits per heavy atom. The number of hydrogen-bond acceptors (Lipinski definition) is 3. The molecule has 0 radical (unpaired) electrons. The monoisotopic (exact) mass is 250 g/mol. The molecule has 0 aliphatic heterocycles. The van der Waals surface area contributed by atoms with E-state index < -0.39 is 11.8 Å². The standard InChI is InChI=1S/C8H4Cl2O3S/c9-6-3-4(8(10)14-6)5(11)1-2-7(12)13/h1-3H,(H,12,13). The Labute approximate surface area is 93.6 Å². The quantitative estimate of drug-likeness (QED) is 0.663. The van der Waals surface area contributed by atoms with Crippen molar-refractivity contribution in [3.05, 3.63) is 32.5 Å². The van der Waals surface area contributed by atoms with Gasteiger partial charge in [0, 0.05) is 6.08 Å². The fourth-order valence-electron chi connectivity index (χ4n) is 0.745. The van der Waals surface area contributed by atoms with Crippen LogP contribution < -0.4 is 0 Å². The van der Waals surface area contributed by atoms with Gasteiger partial charge in [0.15, 0.2) is 5.78 Å². The van der Waals surface area contributed by atoms with E-state index in [1.165, 1.54) is 6.07 Å². The van der Waals surface area contributed by atoms with Gasteiger partial charge >= 0.3 is 5.97 Å². The van der Waals surface area contributed by atoms with E-state index >= 15 is 0 Å². The van der Waals surface area contributed by atoms with Gasteiger partial charge in [-0.15, -0.1) is 11.3 Å². The van der Waals surface area contributed by atoms with Gasteiger partial charge in [0.2, 0.25) is 0 Å². The summed E-state index contributed by atoms with van der Waals surface area (Å²) in [7, 11) is 0. The van der Waals surface area contributed by atoms with Crippen molar-refractivity contribution >= 4 is 46.3 Å². The van der Waals surface area contributed by atoms with Gasteiger partial charge in [-0.3, -0.25) is 4.79 Å². The number of ketones is 1. The van der Waals surface area contributed by atoms with Gasteiger partial charge in [0.25, 0.3) is 0 Å². The molecular formula is C8H4Cl2O3S. The lowest BCUT2D eigenvalue weighted by Crippen LogP contribution is -1.95. The third-order valence-electron chi connectivity index (χ3n) is 1.30. The van der Waals surface area contributed by atoms with E-state index in [2.05, 4.69) is 0 Å². The van der Waals surface area contributed by atoms with Crippen LogP contribution in [0.1, 0.15) is 10.4 Å². The van der Waals surface area contributed by atoms with Crippen LogP contribution in [-0.4, -0.2) is 16.9 Å². The molecule has 1 aromatic rings. The molecule has 0 fully saturated rings. The zero-order valence-corrected chi connectivity index (χ0v) is 8.99. The zero-order valence-electron chi connectivity index (χ0n) is 6.66. The van der Waals surface area contributed by atoms with Crippen molar-refractivity contribution in [3.8, 4) is 0 Å². The second-order valence-corrected chi connectivity index (χ2v) is 4.56. The van der Waals surface area contributed by atoms with Crippen LogP contribution in [0.25, 0.3) is 0 Å². The van der Waals surface area contributed by atoms with Crippen molar-refractivity contribution in [3.63, 3.8) is 0 Å². The van der Waals surface area contributed by atoms with Gasteiger partial charge in [0.05, 0.1) is 9.90 Å². The lowest BCUT2D eigenvalue weighted by molar-refractivity contribution is -0.131. The predicted octanol–water partition coefficient (Wildman–Crippen LogP) is 2.88. The Morgan fingerprint density at radius 1 is 1.36 bits per heavy atom. The Kier molecular flexibility index (Phi) is 3.69. The smallest absolute Gasteiger partial charge is 0.328 e. The van der Waals surface area contributed by atoms with E-state index in [4.69, 9.17) is 28.3 Å². The first-order valence-corrected chi connectivity index (χ1v) is 4.98. The first kappa shape index (κ1) is 11.2. The Balaban J connectivity index is 2.90. The Hall–Kier alpha value is -0.840. The summed E-state index contributed by atoms with van der Waals surface area (Å²) in [5, 5.41) is 8.29. The number of allylic oxidation sites excluding steroid dienone is 1. The summed E-state index contributed by atoms with van der Waals surface area (Å²) in [5.74, 6) is -1.66. The van der Waals surface area contributed by atoms with Gasteiger partial charge in [-0.25, -0.2) is 4.79 Å². The van der Waals surface area contributed by atoms with E-state index in [9.17, 15) is 9.59 Å². The SMILES string of the molecule is O=C(O)C=CC(=O)c1cc(Cl)sc1Cl. The highest BCUT2D eigenvalue weighted by atomic mass is 35.5. The number of carbonyl (C=O) groups is 2. The van der Waals surface area contributed by atoms with Crippen molar-refractivity contribution in [2.75, 3.05) is 0 Å². The van der Waals surface area contributed by atoms with Gasteiger partial charge < -0.3 is 5.11 Å². The molecule has 0 saturated heterocycles. The maximum atomic E-state index is 11.3. The molecule has 1 aromatic heterocycles. The molecular weight excluding hydrogens is 247 g/mol. The summed E-state index contributed by atoms with van der Waals surface area (Å²) in [5.41, 5.74) is 0.221. The van der Waals surface area contributed by atoms with E-state index in [0.29, 0.717) is 4.34 Å². The first-order valence-electron chi connectivity index (χ1n) is 3.41. The normalized spacial score (nSPS) is 10.7. The van der Waals surface area contributed by atoms with Crippen molar-refractivity contribution in [2.45, 2.75) is 0 Å². The number of rotatable bonds is 3.